The van der Waals surface area contributed by atoms with E-state index < -0.39 is 0 Å². The maximum Gasteiger partial charge on any atom is 0.270 e. The number of ether oxygens (including phenoxy) is 2. The van der Waals surface area contributed by atoms with E-state index in [1.54, 1.807) is 12.0 Å². The molecule has 2 aromatic carbocycles. The summed E-state index contributed by atoms with van der Waals surface area (Å²) in [6.07, 6.45) is 0.848. The van der Waals surface area contributed by atoms with Crippen LogP contribution in [0.25, 0.3) is 10.9 Å². The molecule has 5 nitrogen and oxygen atoms in total. The Morgan fingerprint density at radius 2 is 2.04 bits per heavy atom. The smallest absolute Gasteiger partial charge is 0.270 e. The van der Waals surface area contributed by atoms with Crippen molar-refractivity contribution in [1.82, 2.24) is 9.88 Å². The number of likely N-dealkylation sites (N-methyl/N-ethyl adjacent to an activating group) is 1. The molecule has 1 atom stereocenters. The van der Waals surface area contributed by atoms with Gasteiger partial charge in [0.2, 0.25) is 0 Å². The van der Waals surface area contributed by atoms with Gasteiger partial charge < -0.3 is 19.4 Å². The lowest BCUT2D eigenvalue weighted by atomic mass is 9.99. The lowest BCUT2D eigenvalue weighted by Crippen LogP contribution is -2.38. The number of rotatable bonds is 4. The molecule has 1 unspecified atom stereocenters. The first kappa shape index (κ1) is 16.7. The van der Waals surface area contributed by atoms with Crippen LogP contribution in [0.5, 0.6) is 5.75 Å². The number of aromatic amines is 1. The van der Waals surface area contributed by atoms with Gasteiger partial charge >= 0.3 is 0 Å². The van der Waals surface area contributed by atoms with Crippen molar-refractivity contribution in [2.75, 3.05) is 20.7 Å². The minimum Gasteiger partial charge on any atom is -0.497 e. The van der Waals surface area contributed by atoms with Crippen molar-refractivity contribution < 1.29 is 14.3 Å². The molecule has 5 heteroatoms. The number of carbonyl (C=O) groups is 1. The first-order valence-corrected chi connectivity index (χ1v) is 8.74. The molecule has 0 fully saturated rings. The van der Waals surface area contributed by atoms with Gasteiger partial charge in [0.1, 0.15) is 11.4 Å². The van der Waals surface area contributed by atoms with Crippen molar-refractivity contribution in [1.29, 1.82) is 0 Å². The highest BCUT2D eigenvalue weighted by molar-refractivity contribution is 5.98. The number of benzene rings is 2. The molecule has 2 heterocycles. The topological polar surface area (TPSA) is 54.6 Å². The zero-order chi connectivity index (χ0) is 18.1. The van der Waals surface area contributed by atoms with Crippen LogP contribution in [0.15, 0.2) is 48.5 Å². The van der Waals surface area contributed by atoms with Gasteiger partial charge in [0, 0.05) is 37.0 Å². The number of H-pyrrole nitrogens is 1. The summed E-state index contributed by atoms with van der Waals surface area (Å²) in [5.41, 5.74) is 4.01. The monoisotopic (exact) mass is 350 g/mol. The van der Waals surface area contributed by atoms with Gasteiger partial charge in [-0.15, -0.1) is 0 Å². The van der Waals surface area contributed by atoms with Crippen LogP contribution < -0.4 is 4.74 Å². The molecule has 1 N–H and O–H groups in total. The zero-order valence-electron chi connectivity index (χ0n) is 15.0. The van der Waals surface area contributed by atoms with E-state index in [4.69, 9.17) is 9.47 Å². The van der Waals surface area contributed by atoms with Crippen molar-refractivity contribution in [3.63, 3.8) is 0 Å². The number of nitrogens with zero attached hydrogens (tertiary/aromatic N) is 1. The maximum absolute atomic E-state index is 12.8. The number of carbonyl (C=O) groups excluding carboxylic acids is 1. The van der Waals surface area contributed by atoms with E-state index in [2.05, 4.69) is 23.2 Å². The van der Waals surface area contributed by atoms with Gasteiger partial charge in [-0.25, -0.2) is 0 Å². The first-order valence-electron chi connectivity index (χ1n) is 8.74. The van der Waals surface area contributed by atoms with Crippen LogP contribution in [0.2, 0.25) is 0 Å². The van der Waals surface area contributed by atoms with Crippen LogP contribution in [0.4, 0.5) is 0 Å². The summed E-state index contributed by atoms with van der Waals surface area (Å²) in [5.74, 6) is 0.726. The molecule has 1 aliphatic heterocycles. The minimum absolute atomic E-state index is 0.0170. The quantitative estimate of drug-likeness (QED) is 0.785. The Morgan fingerprint density at radius 1 is 1.23 bits per heavy atom. The second kappa shape index (κ2) is 6.84. The Hall–Kier alpha value is -2.79. The van der Waals surface area contributed by atoms with Gasteiger partial charge in [-0.3, -0.25) is 4.79 Å². The summed E-state index contributed by atoms with van der Waals surface area (Å²) >= 11 is 0. The number of amides is 1. The highest BCUT2D eigenvalue weighted by Crippen LogP contribution is 2.23. The average Bonchev–Trinajstić information content (AvgIpc) is 3.10. The molecule has 0 aliphatic carbocycles. The summed E-state index contributed by atoms with van der Waals surface area (Å²) in [7, 11) is 3.45. The van der Waals surface area contributed by atoms with Gasteiger partial charge in [0.05, 0.1) is 19.8 Å². The van der Waals surface area contributed by atoms with E-state index in [-0.39, 0.29) is 12.0 Å². The molecular formula is C21H22N2O3. The largest absolute Gasteiger partial charge is 0.497 e. The fourth-order valence-corrected chi connectivity index (χ4v) is 3.47. The third-order valence-electron chi connectivity index (χ3n) is 4.92. The second-order valence-corrected chi connectivity index (χ2v) is 6.73. The lowest BCUT2D eigenvalue weighted by Gasteiger charge is -2.28. The van der Waals surface area contributed by atoms with E-state index in [0.717, 1.165) is 23.1 Å². The molecular weight excluding hydrogens is 328 g/mol. The Bertz CT molecular complexity index is 947. The van der Waals surface area contributed by atoms with E-state index >= 15 is 0 Å². The third kappa shape index (κ3) is 3.18. The minimum atomic E-state index is -0.0392. The van der Waals surface area contributed by atoms with Crippen molar-refractivity contribution in [3.8, 4) is 5.75 Å². The summed E-state index contributed by atoms with van der Waals surface area (Å²) in [4.78, 5) is 17.7. The fourth-order valence-electron chi connectivity index (χ4n) is 3.47. The molecule has 1 aliphatic rings. The molecule has 0 radical (unpaired) electrons. The van der Waals surface area contributed by atoms with E-state index in [9.17, 15) is 4.79 Å². The van der Waals surface area contributed by atoms with E-state index in [1.807, 2.05) is 37.4 Å². The molecule has 1 aromatic heterocycles. The standard InChI is InChI=1S/C21H22N2O3/c1-23(12-18-9-14-5-3-4-6-16(14)13-26-18)21(24)20-10-15-7-8-17(25-2)11-19(15)22-20/h3-8,10-11,18,22H,9,12-13H2,1-2H3. The molecule has 134 valence electrons. The van der Waals surface area contributed by atoms with Crippen LogP contribution >= 0.6 is 0 Å². The van der Waals surface area contributed by atoms with Crippen molar-refractivity contribution in [2.24, 2.45) is 0 Å². The normalized spacial score (nSPS) is 16.3. The predicted molar refractivity (Wildman–Crippen MR) is 101 cm³/mol. The zero-order valence-corrected chi connectivity index (χ0v) is 15.0. The Balaban J connectivity index is 1.46. The third-order valence-corrected chi connectivity index (χ3v) is 4.92. The van der Waals surface area contributed by atoms with Crippen LogP contribution in [0.3, 0.4) is 0 Å². The number of fused-ring (bicyclic) bond motifs is 2. The van der Waals surface area contributed by atoms with Gasteiger partial charge in [0.25, 0.3) is 5.91 Å². The van der Waals surface area contributed by atoms with Crippen molar-refractivity contribution in [3.05, 3.63) is 65.4 Å². The summed E-state index contributed by atoms with van der Waals surface area (Å²) in [5, 5.41) is 0.991. The molecule has 4 rings (SSSR count). The second-order valence-electron chi connectivity index (χ2n) is 6.73. The van der Waals surface area contributed by atoms with Crippen LogP contribution in [0.1, 0.15) is 21.6 Å². The Labute approximate surface area is 152 Å². The first-order chi connectivity index (χ1) is 12.6. The maximum atomic E-state index is 12.8. The molecule has 1 amide bonds. The predicted octanol–water partition coefficient (Wildman–Crippen LogP) is 3.39. The lowest BCUT2D eigenvalue weighted by molar-refractivity contribution is 0.00974. The number of methoxy groups -OCH3 is 1. The molecule has 3 aromatic rings. The summed E-state index contributed by atoms with van der Waals surface area (Å²) < 4.78 is 11.2. The molecule has 0 bridgehead atoms. The van der Waals surface area contributed by atoms with Crippen LogP contribution in [-0.4, -0.2) is 42.6 Å². The SMILES string of the molecule is COc1ccc2cc(C(=O)N(C)CC3Cc4ccccc4CO3)[nH]c2c1. The average molecular weight is 350 g/mol. The van der Waals surface area contributed by atoms with Gasteiger partial charge in [-0.1, -0.05) is 24.3 Å². The van der Waals surface area contributed by atoms with Crippen molar-refractivity contribution >= 4 is 16.8 Å². The van der Waals surface area contributed by atoms with Crippen LogP contribution in [0, 0.1) is 0 Å². The number of aromatic nitrogens is 1. The van der Waals surface area contributed by atoms with Gasteiger partial charge in [0.15, 0.2) is 0 Å². The Kier molecular flexibility index (Phi) is 4.39. The van der Waals surface area contributed by atoms with Crippen molar-refractivity contribution in [2.45, 2.75) is 19.1 Å². The highest BCUT2D eigenvalue weighted by Gasteiger charge is 2.23. The highest BCUT2D eigenvalue weighted by atomic mass is 16.5. The number of nitrogens with one attached hydrogen (secondary N) is 1. The van der Waals surface area contributed by atoms with Gasteiger partial charge in [-0.05, 0) is 29.3 Å². The summed E-state index contributed by atoms with van der Waals surface area (Å²) in [6.45, 7) is 1.17. The Morgan fingerprint density at radius 3 is 2.85 bits per heavy atom. The van der Waals surface area contributed by atoms with E-state index in [0.29, 0.717) is 18.8 Å². The van der Waals surface area contributed by atoms with E-state index in [1.165, 1.54) is 11.1 Å². The van der Waals surface area contributed by atoms with Gasteiger partial charge in [-0.2, -0.15) is 0 Å². The molecule has 0 saturated heterocycles. The fraction of sp³-hybridized carbons (Fsp3) is 0.286. The summed E-state index contributed by atoms with van der Waals surface area (Å²) in [6, 6.07) is 15.9. The van der Waals surface area contributed by atoms with Crippen LogP contribution in [-0.2, 0) is 17.8 Å². The molecule has 0 saturated carbocycles. The number of hydrogen-bond donors (Lipinski definition) is 1. The number of hydrogen-bond acceptors (Lipinski definition) is 3. The molecule has 26 heavy (non-hydrogen) atoms. The molecule has 0 spiro atoms.